The molecular weight excluding hydrogens is 246 g/mol. The number of rotatable bonds is 4. The molecule has 4 nitrogen and oxygen atoms in total. The van der Waals surface area contributed by atoms with Gasteiger partial charge in [-0.3, -0.25) is 4.79 Å². The van der Waals surface area contributed by atoms with E-state index in [0.29, 0.717) is 23.2 Å². The van der Waals surface area contributed by atoms with Gasteiger partial charge in [0.15, 0.2) is 5.13 Å². The van der Waals surface area contributed by atoms with E-state index in [1.165, 1.54) is 11.3 Å². The molecule has 1 aromatic carbocycles. The van der Waals surface area contributed by atoms with Crippen LogP contribution in [0.4, 0.5) is 10.8 Å². The van der Waals surface area contributed by atoms with Crippen molar-refractivity contribution in [3.8, 4) is 0 Å². The number of fused-ring (bicyclic) bond motifs is 1. The standard InChI is InChI=1S/C13H17N3OS/c1-8(2)3-6-12(17)16-13-15-10-5-4-9(14)7-11(10)18-13/h4-5,7-8H,3,6,14H2,1-2H3,(H,15,16,17). The van der Waals surface area contributed by atoms with Crippen molar-refractivity contribution in [3.63, 3.8) is 0 Å². The van der Waals surface area contributed by atoms with E-state index >= 15 is 0 Å². The van der Waals surface area contributed by atoms with Crippen LogP contribution in [0.1, 0.15) is 26.7 Å². The van der Waals surface area contributed by atoms with Crippen molar-refractivity contribution in [1.82, 2.24) is 4.98 Å². The summed E-state index contributed by atoms with van der Waals surface area (Å²) in [4.78, 5) is 16.0. The van der Waals surface area contributed by atoms with E-state index in [2.05, 4.69) is 24.1 Å². The van der Waals surface area contributed by atoms with Crippen LogP contribution in [0.25, 0.3) is 10.2 Å². The fraction of sp³-hybridized carbons (Fsp3) is 0.385. The zero-order valence-electron chi connectivity index (χ0n) is 10.6. The zero-order chi connectivity index (χ0) is 13.1. The number of carbonyl (C=O) groups excluding carboxylic acids is 1. The lowest BCUT2D eigenvalue weighted by molar-refractivity contribution is -0.116. The first kappa shape index (κ1) is 12.8. The summed E-state index contributed by atoms with van der Waals surface area (Å²) in [5, 5.41) is 3.48. The first-order valence-electron chi connectivity index (χ1n) is 6.00. The van der Waals surface area contributed by atoms with Gasteiger partial charge in [-0.15, -0.1) is 0 Å². The maximum Gasteiger partial charge on any atom is 0.226 e. The highest BCUT2D eigenvalue weighted by atomic mass is 32.1. The molecule has 2 rings (SSSR count). The van der Waals surface area contributed by atoms with Crippen LogP contribution in [0.15, 0.2) is 18.2 Å². The molecule has 96 valence electrons. The minimum atomic E-state index is 0.0238. The highest BCUT2D eigenvalue weighted by Crippen LogP contribution is 2.27. The summed E-state index contributed by atoms with van der Waals surface area (Å²) in [6.45, 7) is 4.21. The summed E-state index contributed by atoms with van der Waals surface area (Å²) in [5.41, 5.74) is 7.29. The molecule has 0 aliphatic carbocycles. The molecule has 0 spiro atoms. The molecule has 0 aliphatic heterocycles. The maximum atomic E-state index is 11.7. The van der Waals surface area contributed by atoms with E-state index in [-0.39, 0.29) is 5.91 Å². The Morgan fingerprint density at radius 1 is 1.50 bits per heavy atom. The number of anilines is 2. The van der Waals surface area contributed by atoms with Gasteiger partial charge in [-0.25, -0.2) is 4.98 Å². The van der Waals surface area contributed by atoms with Gasteiger partial charge in [0.25, 0.3) is 0 Å². The maximum absolute atomic E-state index is 11.7. The van der Waals surface area contributed by atoms with Crippen molar-refractivity contribution >= 4 is 38.3 Å². The first-order chi connectivity index (χ1) is 8.54. The van der Waals surface area contributed by atoms with Crippen LogP contribution in [0.5, 0.6) is 0 Å². The van der Waals surface area contributed by atoms with E-state index in [1.807, 2.05) is 18.2 Å². The number of hydrogen-bond acceptors (Lipinski definition) is 4. The van der Waals surface area contributed by atoms with E-state index in [4.69, 9.17) is 5.73 Å². The van der Waals surface area contributed by atoms with Crippen LogP contribution in [-0.4, -0.2) is 10.9 Å². The van der Waals surface area contributed by atoms with Gasteiger partial charge >= 0.3 is 0 Å². The molecule has 1 aromatic heterocycles. The smallest absolute Gasteiger partial charge is 0.226 e. The largest absolute Gasteiger partial charge is 0.399 e. The molecule has 3 N–H and O–H groups in total. The van der Waals surface area contributed by atoms with Gasteiger partial charge in [-0.1, -0.05) is 25.2 Å². The molecule has 0 saturated heterocycles. The molecule has 18 heavy (non-hydrogen) atoms. The number of nitrogens with two attached hydrogens (primary N) is 1. The SMILES string of the molecule is CC(C)CCC(=O)Nc1nc2ccc(N)cc2s1. The summed E-state index contributed by atoms with van der Waals surface area (Å²) in [6.07, 6.45) is 1.43. The molecule has 0 radical (unpaired) electrons. The average molecular weight is 263 g/mol. The van der Waals surface area contributed by atoms with E-state index in [0.717, 1.165) is 16.6 Å². The van der Waals surface area contributed by atoms with Crippen molar-refractivity contribution in [1.29, 1.82) is 0 Å². The number of aromatic nitrogens is 1. The molecule has 5 heteroatoms. The van der Waals surface area contributed by atoms with Crippen molar-refractivity contribution in [2.45, 2.75) is 26.7 Å². The fourth-order valence-electron chi connectivity index (χ4n) is 1.60. The fourth-order valence-corrected chi connectivity index (χ4v) is 2.53. The van der Waals surface area contributed by atoms with Crippen molar-refractivity contribution in [2.75, 3.05) is 11.1 Å². The Bertz CT molecular complexity index is 562. The van der Waals surface area contributed by atoms with E-state index in [1.54, 1.807) is 0 Å². The van der Waals surface area contributed by atoms with Crippen LogP contribution < -0.4 is 11.1 Å². The molecule has 0 aliphatic rings. The Labute approximate surface area is 110 Å². The molecule has 1 heterocycles. The minimum absolute atomic E-state index is 0.0238. The van der Waals surface area contributed by atoms with Crippen LogP contribution in [-0.2, 0) is 4.79 Å². The van der Waals surface area contributed by atoms with Crippen LogP contribution in [0.2, 0.25) is 0 Å². The predicted molar refractivity (Wildman–Crippen MR) is 76.7 cm³/mol. The van der Waals surface area contributed by atoms with Crippen molar-refractivity contribution in [3.05, 3.63) is 18.2 Å². The molecule has 0 fully saturated rings. The molecule has 0 unspecified atom stereocenters. The number of benzene rings is 1. The summed E-state index contributed by atoms with van der Waals surface area (Å²) in [7, 11) is 0. The third-order valence-electron chi connectivity index (χ3n) is 2.61. The number of nitrogens with zero attached hydrogens (tertiary/aromatic N) is 1. The number of nitrogen functional groups attached to an aromatic ring is 1. The van der Waals surface area contributed by atoms with Crippen LogP contribution in [0, 0.1) is 5.92 Å². The normalized spacial score (nSPS) is 11.1. The molecule has 0 atom stereocenters. The lowest BCUT2D eigenvalue weighted by atomic mass is 10.1. The van der Waals surface area contributed by atoms with Crippen molar-refractivity contribution in [2.24, 2.45) is 5.92 Å². The third kappa shape index (κ3) is 3.20. The average Bonchev–Trinajstić information content (AvgIpc) is 2.67. The van der Waals surface area contributed by atoms with Crippen molar-refractivity contribution < 1.29 is 4.79 Å². The second kappa shape index (κ2) is 5.35. The van der Waals surface area contributed by atoms with Gasteiger partial charge in [-0.05, 0) is 30.5 Å². The van der Waals surface area contributed by atoms with Gasteiger partial charge in [0.1, 0.15) is 0 Å². The minimum Gasteiger partial charge on any atom is -0.399 e. The molecule has 1 amide bonds. The number of hydrogen-bond donors (Lipinski definition) is 2. The summed E-state index contributed by atoms with van der Waals surface area (Å²) >= 11 is 1.45. The Kier molecular flexibility index (Phi) is 3.81. The lowest BCUT2D eigenvalue weighted by Crippen LogP contribution is -2.11. The molecular formula is C13H17N3OS. The number of nitrogens with one attached hydrogen (secondary N) is 1. The van der Waals surface area contributed by atoms with Crippen LogP contribution in [0.3, 0.4) is 0 Å². The van der Waals surface area contributed by atoms with Gasteiger partial charge in [0.2, 0.25) is 5.91 Å². The Balaban J connectivity index is 2.05. The third-order valence-corrected chi connectivity index (χ3v) is 3.54. The molecule has 2 aromatic rings. The predicted octanol–water partition coefficient (Wildman–Crippen LogP) is 3.25. The Morgan fingerprint density at radius 3 is 3.00 bits per heavy atom. The number of thiazole rings is 1. The Morgan fingerprint density at radius 2 is 2.28 bits per heavy atom. The second-order valence-corrected chi connectivity index (χ2v) is 5.76. The zero-order valence-corrected chi connectivity index (χ0v) is 11.4. The monoisotopic (exact) mass is 263 g/mol. The summed E-state index contributed by atoms with van der Waals surface area (Å²) < 4.78 is 0.995. The highest BCUT2D eigenvalue weighted by molar-refractivity contribution is 7.22. The second-order valence-electron chi connectivity index (χ2n) is 4.73. The molecule has 0 saturated carbocycles. The van der Waals surface area contributed by atoms with Gasteiger partial charge < -0.3 is 11.1 Å². The molecule has 0 bridgehead atoms. The van der Waals surface area contributed by atoms with Gasteiger partial charge in [0.05, 0.1) is 10.2 Å². The van der Waals surface area contributed by atoms with E-state index in [9.17, 15) is 4.79 Å². The Hall–Kier alpha value is -1.62. The number of carbonyl (C=O) groups is 1. The van der Waals surface area contributed by atoms with Crippen LogP contribution >= 0.6 is 11.3 Å². The van der Waals surface area contributed by atoms with E-state index < -0.39 is 0 Å². The summed E-state index contributed by atoms with van der Waals surface area (Å²) in [5.74, 6) is 0.557. The quantitative estimate of drug-likeness (QED) is 0.832. The first-order valence-corrected chi connectivity index (χ1v) is 6.82. The topological polar surface area (TPSA) is 68.0 Å². The summed E-state index contributed by atoms with van der Waals surface area (Å²) in [6, 6.07) is 5.55. The number of amides is 1. The lowest BCUT2D eigenvalue weighted by Gasteiger charge is -2.03. The van der Waals surface area contributed by atoms with Gasteiger partial charge in [-0.2, -0.15) is 0 Å². The van der Waals surface area contributed by atoms with Gasteiger partial charge in [0, 0.05) is 12.1 Å². The highest BCUT2D eigenvalue weighted by Gasteiger charge is 2.08.